The van der Waals surface area contributed by atoms with Crippen LogP contribution in [0.15, 0.2) is 24.3 Å². The molecule has 1 atom stereocenters. The lowest BCUT2D eigenvalue weighted by atomic mass is 10.2. The van der Waals surface area contributed by atoms with E-state index in [1.807, 2.05) is 6.92 Å². The van der Waals surface area contributed by atoms with E-state index in [1.54, 1.807) is 36.2 Å². The van der Waals surface area contributed by atoms with Crippen LogP contribution in [0.2, 0.25) is 5.02 Å². The zero-order valence-corrected chi connectivity index (χ0v) is 10.2. The van der Waals surface area contributed by atoms with Crippen LogP contribution in [0.1, 0.15) is 17.3 Å². The lowest BCUT2D eigenvalue weighted by Crippen LogP contribution is -2.31. The molecule has 4 heteroatoms. The summed E-state index contributed by atoms with van der Waals surface area (Å²) in [5.41, 5.74) is 0.585. The molecule has 0 saturated carbocycles. The molecule has 82 valence electrons. The van der Waals surface area contributed by atoms with Gasteiger partial charge in [0.2, 0.25) is 0 Å². The fourth-order valence-corrected chi connectivity index (χ4v) is 1.70. The third kappa shape index (κ3) is 3.73. The van der Waals surface area contributed by atoms with E-state index in [0.717, 1.165) is 0 Å². The molecule has 2 nitrogen and oxygen atoms in total. The van der Waals surface area contributed by atoms with Gasteiger partial charge in [-0.3, -0.25) is 4.79 Å². The standard InChI is InChI=1S/C11H13Cl2NO/c1-8(12)7-14(2)11(15)9-4-3-5-10(13)6-9/h3-6,8H,7H2,1-2H3. The minimum atomic E-state index is -0.0648. The van der Waals surface area contributed by atoms with Gasteiger partial charge in [-0.15, -0.1) is 11.6 Å². The van der Waals surface area contributed by atoms with Crippen LogP contribution in [0, 0.1) is 0 Å². The van der Waals surface area contributed by atoms with Gasteiger partial charge < -0.3 is 4.90 Å². The van der Waals surface area contributed by atoms with Gasteiger partial charge in [0.1, 0.15) is 0 Å². The summed E-state index contributed by atoms with van der Waals surface area (Å²) in [6, 6.07) is 6.89. The lowest BCUT2D eigenvalue weighted by Gasteiger charge is -2.18. The smallest absolute Gasteiger partial charge is 0.253 e. The van der Waals surface area contributed by atoms with Crippen molar-refractivity contribution in [2.75, 3.05) is 13.6 Å². The van der Waals surface area contributed by atoms with Crippen molar-refractivity contribution in [2.24, 2.45) is 0 Å². The van der Waals surface area contributed by atoms with Gasteiger partial charge in [0.25, 0.3) is 5.91 Å². The minimum Gasteiger partial charge on any atom is -0.340 e. The molecule has 0 N–H and O–H groups in total. The molecule has 0 aliphatic heterocycles. The number of halogens is 2. The first-order chi connectivity index (χ1) is 7.00. The average Bonchev–Trinajstić information content (AvgIpc) is 2.15. The molecule has 0 spiro atoms. The topological polar surface area (TPSA) is 20.3 Å². The number of hydrogen-bond donors (Lipinski definition) is 0. The Hall–Kier alpha value is -0.730. The number of nitrogens with zero attached hydrogens (tertiary/aromatic N) is 1. The highest BCUT2D eigenvalue weighted by Gasteiger charge is 2.13. The highest BCUT2D eigenvalue weighted by Crippen LogP contribution is 2.12. The van der Waals surface area contributed by atoms with E-state index in [4.69, 9.17) is 23.2 Å². The summed E-state index contributed by atoms with van der Waals surface area (Å²) >= 11 is 11.6. The minimum absolute atomic E-state index is 0.0573. The Kier molecular flexibility index (Phi) is 4.43. The van der Waals surface area contributed by atoms with Crippen molar-refractivity contribution in [3.8, 4) is 0 Å². The Bertz CT molecular complexity index is 352. The average molecular weight is 246 g/mol. The van der Waals surface area contributed by atoms with Crippen molar-refractivity contribution in [3.05, 3.63) is 34.9 Å². The van der Waals surface area contributed by atoms with Crippen LogP contribution in [0.3, 0.4) is 0 Å². The second kappa shape index (κ2) is 5.38. The third-order valence-corrected chi connectivity index (χ3v) is 2.32. The molecule has 1 unspecified atom stereocenters. The molecule has 0 fully saturated rings. The number of benzene rings is 1. The molecule has 0 bridgehead atoms. The van der Waals surface area contributed by atoms with Crippen molar-refractivity contribution in [2.45, 2.75) is 12.3 Å². The van der Waals surface area contributed by atoms with Gasteiger partial charge in [0, 0.05) is 29.6 Å². The van der Waals surface area contributed by atoms with Crippen molar-refractivity contribution >= 4 is 29.1 Å². The first-order valence-electron chi connectivity index (χ1n) is 4.66. The maximum absolute atomic E-state index is 11.8. The number of carbonyl (C=O) groups excluding carboxylic acids is 1. The van der Waals surface area contributed by atoms with E-state index in [-0.39, 0.29) is 11.3 Å². The van der Waals surface area contributed by atoms with E-state index in [0.29, 0.717) is 17.1 Å². The summed E-state index contributed by atoms with van der Waals surface area (Å²) in [6.45, 7) is 2.37. The zero-order chi connectivity index (χ0) is 11.4. The van der Waals surface area contributed by atoms with Gasteiger partial charge in [-0.1, -0.05) is 17.7 Å². The van der Waals surface area contributed by atoms with Crippen molar-refractivity contribution in [1.82, 2.24) is 4.90 Å². The Morgan fingerprint density at radius 3 is 2.73 bits per heavy atom. The maximum Gasteiger partial charge on any atom is 0.253 e. The summed E-state index contributed by atoms with van der Waals surface area (Å²) in [6.07, 6.45) is 0. The molecule has 0 heterocycles. The molecule has 15 heavy (non-hydrogen) atoms. The summed E-state index contributed by atoms with van der Waals surface area (Å²) in [4.78, 5) is 13.4. The van der Waals surface area contributed by atoms with Crippen LogP contribution >= 0.6 is 23.2 Å². The number of rotatable bonds is 3. The molecule has 1 rings (SSSR count). The molecular formula is C11H13Cl2NO. The molecule has 1 aromatic rings. The Balaban J connectivity index is 2.76. The van der Waals surface area contributed by atoms with Crippen molar-refractivity contribution < 1.29 is 4.79 Å². The number of carbonyl (C=O) groups is 1. The second-order valence-electron chi connectivity index (χ2n) is 3.48. The van der Waals surface area contributed by atoms with Crippen LogP contribution in [0.4, 0.5) is 0 Å². The predicted octanol–water partition coefficient (Wildman–Crippen LogP) is 3.04. The molecular weight excluding hydrogens is 233 g/mol. The number of alkyl halides is 1. The Morgan fingerprint density at radius 2 is 2.20 bits per heavy atom. The molecule has 0 saturated heterocycles. The largest absolute Gasteiger partial charge is 0.340 e. The fourth-order valence-electron chi connectivity index (χ4n) is 1.30. The van der Waals surface area contributed by atoms with Crippen LogP contribution in [0.25, 0.3) is 0 Å². The van der Waals surface area contributed by atoms with Gasteiger partial charge in [-0.2, -0.15) is 0 Å². The monoisotopic (exact) mass is 245 g/mol. The van der Waals surface area contributed by atoms with E-state index in [9.17, 15) is 4.79 Å². The van der Waals surface area contributed by atoms with Gasteiger partial charge in [-0.05, 0) is 25.1 Å². The highest BCUT2D eigenvalue weighted by molar-refractivity contribution is 6.31. The first-order valence-corrected chi connectivity index (χ1v) is 5.47. The van der Waals surface area contributed by atoms with Crippen LogP contribution in [0.5, 0.6) is 0 Å². The van der Waals surface area contributed by atoms with E-state index in [2.05, 4.69) is 0 Å². The molecule has 1 aromatic carbocycles. The SMILES string of the molecule is CC(Cl)CN(C)C(=O)c1cccc(Cl)c1. The van der Waals surface area contributed by atoms with Gasteiger partial charge in [0.15, 0.2) is 0 Å². The normalized spacial score (nSPS) is 12.3. The Labute approximate surface area is 99.8 Å². The zero-order valence-electron chi connectivity index (χ0n) is 8.71. The molecule has 1 amide bonds. The second-order valence-corrected chi connectivity index (χ2v) is 4.66. The summed E-state index contributed by atoms with van der Waals surface area (Å²) < 4.78 is 0. The number of amides is 1. The molecule has 0 aliphatic rings. The van der Waals surface area contributed by atoms with Crippen LogP contribution < -0.4 is 0 Å². The third-order valence-electron chi connectivity index (χ3n) is 1.94. The molecule has 0 aliphatic carbocycles. The van der Waals surface area contributed by atoms with Crippen molar-refractivity contribution in [1.29, 1.82) is 0 Å². The summed E-state index contributed by atoms with van der Waals surface area (Å²) in [5, 5.41) is 0.506. The lowest BCUT2D eigenvalue weighted by molar-refractivity contribution is 0.0796. The van der Waals surface area contributed by atoms with Crippen LogP contribution in [-0.4, -0.2) is 29.8 Å². The van der Waals surface area contributed by atoms with Crippen LogP contribution in [-0.2, 0) is 0 Å². The van der Waals surface area contributed by atoms with Gasteiger partial charge in [-0.25, -0.2) is 0 Å². The Morgan fingerprint density at radius 1 is 1.53 bits per heavy atom. The number of hydrogen-bond acceptors (Lipinski definition) is 1. The first kappa shape index (κ1) is 12.3. The summed E-state index contributed by atoms with van der Waals surface area (Å²) in [7, 11) is 1.72. The molecule has 0 aromatic heterocycles. The van der Waals surface area contributed by atoms with Crippen molar-refractivity contribution in [3.63, 3.8) is 0 Å². The molecule has 0 radical (unpaired) electrons. The van der Waals surface area contributed by atoms with Gasteiger partial charge in [0.05, 0.1) is 0 Å². The maximum atomic E-state index is 11.8. The summed E-state index contributed by atoms with van der Waals surface area (Å²) in [5.74, 6) is -0.0648. The van der Waals surface area contributed by atoms with Gasteiger partial charge >= 0.3 is 0 Å². The van der Waals surface area contributed by atoms with E-state index >= 15 is 0 Å². The van der Waals surface area contributed by atoms with E-state index in [1.165, 1.54) is 0 Å². The van der Waals surface area contributed by atoms with E-state index < -0.39 is 0 Å². The quantitative estimate of drug-likeness (QED) is 0.750. The highest BCUT2D eigenvalue weighted by atomic mass is 35.5. The predicted molar refractivity (Wildman–Crippen MR) is 63.7 cm³/mol. The fraction of sp³-hybridized carbons (Fsp3) is 0.364.